The Morgan fingerprint density at radius 2 is 1.62 bits per heavy atom. The van der Waals surface area contributed by atoms with E-state index in [1.807, 2.05) is 24.3 Å². The molecule has 0 amide bonds. The van der Waals surface area contributed by atoms with Gasteiger partial charge in [-0.05, 0) is 24.3 Å². The molecule has 0 aliphatic heterocycles. The average Bonchev–Trinajstić information content (AvgIpc) is 2.64. The van der Waals surface area contributed by atoms with Gasteiger partial charge in [0.15, 0.2) is 18.3 Å². The molecule has 0 saturated carbocycles. The maximum absolute atomic E-state index is 11.9. The van der Waals surface area contributed by atoms with Gasteiger partial charge in [-0.25, -0.2) is 9.59 Å². The van der Waals surface area contributed by atoms with E-state index in [0.717, 1.165) is 0 Å². The van der Waals surface area contributed by atoms with Crippen molar-refractivity contribution in [3.05, 3.63) is 79.1 Å². The van der Waals surface area contributed by atoms with Crippen molar-refractivity contribution in [2.24, 2.45) is 0 Å². The standard InChI is InChI=1S/C19H16O5/c1-15(19(21)22-13-12-20)18(24-17-10-6-3-7-11-17)14-23-16-8-4-2-5-9-16/h2-11,13,18H,1,14H2. The number of esters is 1. The molecule has 2 rings (SSSR count). The van der Waals surface area contributed by atoms with Crippen LogP contribution >= 0.6 is 0 Å². The minimum absolute atomic E-state index is 0.0290. The first-order valence-corrected chi connectivity index (χ1v) is 7.19. The van der Waals surface area contributed by atoms with E-state index in [-0.39, 0.29) is 12.2 Å². The zero-order chi connectivity index (χ0) is 17.2. The molecular weight excluding hydrogens is 308 g/mol. The van der Waals surface area contributed by atoms with Gasteiger partial charge in [0.05, 0.1) is 5.57 Å². The van der Waals surface area contributed by atoms with Crippen molar-refractivity contribution in [1.82, 2.24) is 0 Å². The second-order valence-electron chi connectivity index (χ2n) is 4.71. The van der Waals surface area contributed by atoms with Crippen molar-refractivity contribution in [3.8, 4) is 11.5 Å². The van der Waals surface area contributed by atoms with Gasteiger partial charge >= 0.3 is 5.97 Å². The second-order valence-corrected chi connectivity index (χ2v) is 4.71. The Hall–Kier alpha value is -3.30. The number of ether oxygens (including phenoxy) is 3. The van der Waals surface area contributed by atoms with Crippen molar-refractivity contribution in [3.63, 3.8) is 0 Å². The van der Waals surface area contributed by atoms with Gasteiger partial charge in [0.2, 0.25) is 0 Å². The van der Waals surface area contributed by atoms with E-state index in [1.165, 1.54) is 5.94 Å². The molecule has 0 radical (unpaired) electrons. The lowest BCUT2D eigenvalue weighted by Crippen LogP contribution is -2.30. The Morgan fingerprint density at radius 1 is 1.04 bits per heavy atom. The lowest BCUT2D eigenvalue weighted by Gasteiger charge is -2.20. The largest absolute Gasteiger partial charge is 0.489 e. The quantitative estimate of drug-likeness (QED) is 0.323. The molecule has 0 aliphatic carbocycles. The van der Waals surface area contributed by atoms with E-state index in [1.54, 1.807) is 36.4 Å². The van der Waals surface area contributed by atoms with Gasteiger partial charge in [-0.15, -0.1) is 0 Å². The fourth-order valence-electron chi connectivity index (χ4n) is 1.84. The zero-order valence-corrected chi connectivity index (χ0v) is 12.9. The Kier molecular flexibility index (Phi) is 6.38. The van der Waals surface area contributed by atoms with Crippen LogP contribution in [0.25, 0.3) is 0 Å². The molecule has 1 unspecified atom stereocenters. The molecule has 0 N–H and O–H groups in total. The van der Waals surface area contributed by atoms with Crippen LogP contribution in [0.15, 0.2) is 79.1 Å². The number of para-hydroxylation sites is 2. The fraction of sp³-hybridized carbons (Fsp3) is 0.105. The Balaban J connectivity index is 2.09. The maximum atomic E-state index is 11.9. The number of hydrogen-bond acceptors (Lipinski definition) is 5. The van der Waals surface area contributed by atoms with Crippen molar-refractivity contribution < 1.29 is 23.8 Å². The highest BCUT2D eigenvalue weighted by Gasteiger charge is 2.23. The molecule has 2 aromatic rings. The van der Waals surface area contributed by atoms with E-state index < -0.39 is 12.1 Å². The molecule has 2 aromatic carbocycles. The zero-order valence-electron chi connectivity index (χ0n) is 12.9. The van der Waals surface area contributed by atoms with E-state index in [9.17, 15) is 9.59 Å². The summed E-state index contributed by atoms with van der Waals surface area (Å²) in [6, 6.07) is 18.1. The van der Waals surface area contributed by atoms with E-state index in [4.69, 9.17) is 9.47 Å². The van der Waals surface area contributed by atoms with Gasteiger partial charge in [-0.1, -0.05) is 43.0 Å². The topological polar surface area (TPSA) is 61.8 Å². The van der Waals surface area contributed by atoms with Crippen molar-refractivity contribution in [1.29, 1.82) is 0 Å². The molecular formula is C19H16O5. The van der Waals surface area contributed by atoms with Crippen molar-refractivity contribution in [2.45, 2.75) is 6.10 Å². The number of carbonyl (C=O) groups is 1. The predicted molar refractivity (Wildman–Crippen MR) is 88.3 cm³/mol. The average molecular weight is 324 g/mol. The maximum Gasteiger partial charge on any atom is 0.342 e. The van der Waals surface area contributed by atoms with E-state index >= 15 is 0 Å². The molecule has 0 aromatic heterocycles. The third kappa shape index (κ3) is 5.16. The molecule has 0 saturated heterocycles. The highest BCUT2D eigenvalue weighted by molar-refractivity contribution is 5.89. The van der Waals surface area contributed by atoms with Crippen LogP contribution in [0, 0.1) is 0 Å². The van der Waals surface area contributed by atoms with Gasteiger partial charge in [-0.2, -0.15) is 0 Å². The smallest absolute Gasteiger partial charge is 0.342 e. The van der Waals surface area contributed by atoms with Crippen LogP contribution in [0.2, 0.25) is 0 Å². The minimum atomic E-state index is -0.782. The summed E-state index contributed by atoms with van der Waals surface area (Å²) in [5, 5.41) is 0. The Bertz CT molecular complexity index is 718. The van der Waals surface area contributed by atoms with Crippen LogP contribution in [0.3, 0.4) is 0 Å². The van der Waals surface area contributed by atoms with Crippen LogP contribution < -0.4 is 9.47 Å². The fourth-order valence-corrected chi connectivity index (χ4v) is 1.84. The second kappa shape index (κ2) is 8.98. The third-order valence-corrected chi connectivity index (χ3v) is 3.03. The van der Waals surface area contributed by atoms with Crippen LogP contribution in [0.1, 0.15) is 0 Å². The van der Waals surface area contributed by atoms with Crippen molar-refractivity contribution >= 4 is 11.9 Å². The van der Waals surface area contributed by atoms with Crippen LogP contribution in [-0.4, -0.2) is 24.6 Å². The lowest BCUT2D eigenvalue weighted by atomic mass is 10.1. The number of rotatable bonds is 8. The minimum Gasteiger partial charge on any atom is -0.489 e. The SMILES string of the molecule is C=C(C(=O)OC=C=O)C(COc1ccccc1)Oc1ccccc1. The monoisotopic (exact) mass is 324 g/mol. The molecule has 24 heavy (non-hydrogen) atoms. The molecule has 5 nitrogen and oxygen atoms in total. The lowest BCUT2D eigenvalue weighted by molar-refractivity contribution is -0.134. The number of carbonyl (C=O) groups excluding carboxylic acids is 2. The highest BCUT2D eigenvalue weighted by atomic mass is 16.5. The van der Waals surface area contributed by atoms with Gasteiger partial charge in [0.25, 0.3) is 0 Å². The first kappa shape index (κ1) is 17.1. The molecule has 0 bridgehead atoms. The predicted octanol–water partition coefficient (Wildman–Crippen LogP) is 2.96. The third-order valence-electron chi connectivity index (χ3n) is 3.03. The molecule has 5 heteroatoms. The van der Waals surface area contributed by atoms with E-state index in [2.05, 4.69) is 11.3 Å². The molecule has 0 heterocycles. The van der Waals surface area contributed by atoms with Gasteiger partial charge in [0.1, 0.15) is 18.1 Å². The highest BCUT2D eigenvalue weighted by Crippen LogP contribution is 2.17. The molecule has 0 aliphatic rings. The molecule has 0 spiro atoms. The Labute approximate surface area is 139 Å². The summed E-state index contributed by atoms with van der Waals surface area (Å²) in [6.07, 6.45) is -0.148. The molecule has 122 valence electrons. The summed E-state index contributed by atoms with van der Waals surface area (Å²) < 4.78 is 16.0. The Morgan fingerprint density at radius 3 is 2.21 bits per heavy atom. The summed E-state index contributed by atoms with van der Waals surface area (Å²) in [7, 11) is 0. The van der Waals surface area contributed by atoms with E-state index in [0.29, 0.717) is 17.8 Å². The van der Waals surface area contributed by atoms with Crippen LogP contribution in [0.5, 0.6) is 11.5 Å². The summed E-state index contributed by atoms with van der Waals surface area (Å²) in [5.74, 6) is 1.77. The molecule has 1 atom stereocenters. The van der Waals surface area contributed by atoms with Gasteiger partial charge < -0.3 is 14.2 Å². The van der Waals surface area contributed by atoms with Crippen LogP contribution in [0.4, 0.5) is 0 Å². The molecule has 0 fully saturated rings. The first-order chi connectivity index (χ1) is 11.7. The summed E-state index contributed by atoms with van der Waals surface area (Å²) in [4.78, 5) is 22.0. The summed E-state index contributed by atoms with van der Waals surface area (Å²) in [6.45, 7) is 3.74. The van der Waals surface area contributed by atoms with Gasteiger partial charge in [-0.3, -0.25) is 0 Å². The number of benzene rings is 2. The number of hydrogen-bond donors (Lipinski definition) is 0. The summed E-state index contributed by atoms with van der Waals surface area (Å²) in [5.41, 5.74) is 0.0290. The first-order valence-electron chi connectivity index (χ1n) is 7.19. The summed E-state index contributed by atoms with van der Waals surface area (Å²) >= 11 is 0. The van der Waals surface area contributed by atoms with Crippen molar-refractivity contribution in [2.75, 3.05) is 6.61 Å². The van der Waals surface area contributed by atoms with Gasteiger partial charge in [0, 0.05) is 0 Å². The normalized spacial score (nSPS) is 10.8. The van der Waals surface area contributed by atoms with Crippen LogP contribution in [-0.2, 0) is 14.3 Å².